The van der Waals surface area contributed by atoms with Crippen molar-refractivity contribution in [3.05, 3.63) is 0 Å². The fourth-order valence-electron chi connectivity index (χ4n) is 2.57. The second-order valence-electron chi connectivity index (χ2n) is 7.03. The fourth-order valence-corrected chi connectivity index (χ4v) is 2.57. The van der Waals surface area contributed by atoms with Crippen molar-refractivity contribution in [1.82, 2.24) is 0 Å². The zero-order chi connectivity index (χ0) is 21.3. The van der Waals surface area contributed by atoms with Gasteiger partial charge in [-0.25, -0.2) is 0 Å². The van der Waals surface area contributed by atoms with E-state index in [1.54, 1.807) is 0 Å². The number of hydrogen-bond acceptors (Lipinski definition) is 6. The lowest BCUT2D eigenvalue weighted by molar-refractivity contribution is -0.00220. The molecule has 6 heteroatoms. The summed E-state index contributed by atoms with van der Waals surface area (Å²) in [5, 5.41) is 16.7. The van der Waals surface area contributed by atoms with Gasteiger partial charge in [0.1, 0.15) is 0 Å². The van der Waals surface area contributed by atoms with Crippen LogP contribution in [-0.2, 0) is 18.9 Å². The van der Waals surface area contributed by atoms with Crippen molar-refractivity contribution in [2.75, 3.05) is 52.9 Å². The van der Waals surface area contributed by atoms with Gasteiger partial charge in [-0.05, 0) is 26.7 Å². The van der Waals surface area contributed by atoms with Gasteiger partial charge in [0.15, 0.2) is 0 Å². The predicted octanol–water partition coefficient (Wildman–Crippen LogP) is 3.96. The monoisotopic (exact) mass is 408 g/mol. The average molecular weight is 409 g/mol. The van der Waals surface area contributed by atoms with Crippen molar-refractivity contribution in [3.8, 4) is 0 Å². The molecule has 2 atom stereocenters. The number of aliphatic hydroxyl groups excluding tert-OH is 2. The van der Waals surface area contributed by atoms with Crippen molar-refractivity contribution in [3.63, 3.8) is 0 Å². The molecule has 0 saturated carbocycles. The fraction of sp³-hybridized carbons (Fsp3) is 1.00. The van der Waals surface area contributed by atoms with Crippen LogP contribution in [0.25, 0.3) is 0 Å². The van der Waals surface area contributed by atoms with Gasteiger partial charge in [-0.2, -0.15) is 0 Å². The molecule has 0 fully saturated rings. The Hall–Kier alpha value is -0.240. The summed E-state index contributed by atoms with van der Waals surface area (Å²) in [5.74, 6) is 0. The van der Waals surface area contributed by atoms with Crippen LogP contribution in [0.5, 0.6) is 0 Å². The number of aliphatic hydroxyl groups is 2. The summed E-state index contributed by atoms with van der Waals surface area (Å²) in [4.78, 5) is 0. The van der Waals surface area contributed by atoms with Crippen LogP contribution in [0.15, 0.2) is 0 Å². The van der Waals surface area contributed by atoms with Crippen molar-refractivity contribution in [2.24, 2.45) is 0 Å². The molecule has 172 valence electrons. The maximum atomic E-state index is 8.36. The molecule has 0 aromatic carbocycles. The zero-order valence-corrected chi connectivity index (χ0v) is 19.0. The Labute approximate surface area is 173 Å². The lowest BCUT2D eigenvalue weighted by Gasteiger charge is -2.19. The molecule has 0 aromatic heterocycles. The Bertz CT molecular complexity index is 241. The van der Waals surface area contributed by atoms with Crippen molar-refractivity contribution in [2.45, 2.75) is 91.3 Å². The Morgan fingerprint density at radius 2 is 0.929 bits per heavy atom. The topological polar surface area (TPSA) is 77.4 Å². The van der Waals surface area contributed by atoms with Crippen LogP contribution in [-0.4, -0.2) is 75.3 Å². The van der Waals surface area contributed by atoms with Crippen molar-refractivity contribution < 1.29 is 29.2 Å². The van der Waals surface area contributed by atoms with Gasteiger partial charge in [-0.15, -0.1) is 0 Å². The van der Waals surface area contributed by atoms with Gasteiger partial charge in [0, 0.05) is 0 Å². The predicted molar refractivity (Wildman–Crippen MR) is 115 cm³/mol. The third-order valence-corrected chi connectivity index (χ3v) is 4.11. The normalized spacial score (nSPS) is 13.1. The van der Waals surface area contributed by atoms with Crippen LogP contribution in [0.3, 0.4) is 0 Å². The second kappa shape index (κ2) is 26.8. The SMILES string of the molecule is CCCCCC(C)OC(C)CCCCC.OCCOCCOCCOCCO. The molecule has 0 aliphatic heterocycles. The molecule has 0 radical (unpaired) electrons. The number of ether oxygens (including phenoxy) is 4. The molecular weight excluding hydrogens is 360 g/mol. The van der Waals surface area contributed by atoms with E-state index in [0.29, 0.717) is 51.8 Å². The first kappa shape index (κ1) is 30.0. The molecule has 0 spiro atoms. The molecular formula is C22H48O6. The standard InChI is InChI=1S/C14H30O.C8H18O5/c1-5-7-9-11-13(3)15-14(4)12-10-8-6-2;9-1-3-11-5-7-13-8-6-12-4-2-10/h13-14H,5-12H2,1-4H3;9-10H,1-8H2. The molecule has 0 aliphatic carbocycles. The lowest BCUT2D eigenvalue weighted by atomic mass is 10.1. The smallest absolute Gasteiger partial charge is 0.0701 e. The highest BCUT2D eigenvalue weighted by Crippen LogP contribution is 2.12. The molecule has 2 N–H and O–H groups in total. The first-order valence-corrected chi connectivity index (χ1v) is 11.2. The van der Waals surface area contributed by atoms with Crippen LogP contribution in [0, 0.1) is 0 Å². The zero-order valence-electron chi connectivity index (χ0n) is 19.0. The van der Waals surface area contributed by atoms with E-state index in [2.05, 4.69) is 27.7 Å². The van der Waals surface area contributed by atoms with E-state index < -0.39 is 0 Å². The Balaban J connectivity index is 0. The molecule has 0 heterocycles. The molecule has 6 nitrogen and oxygen atoms in total. The molecule has 0 bridgehead atoms. The Kier molecular flexibility index (Phi) is 28.6. The molecule has 0 aromatic rings. The highest BCUT2D eigenvalue weighted by atomic mass is 16.5. The summed E-state index contributed by atoms with van der Waals surface area (Å²) in [6.45, 7) is 11.7. The van der Waals surface area contributed by atoms with Crippen LogP contribution in [0.4, 0.5) is 0 Å². The molecule has 0 amide bonds. The summed E-state index contributed by atoms with van der Waals surface area (Å²) in [7, 11) is 0. The van der Waals surface area contributed by atoms with Crippen LogP contribution < -0.4 is 0 Å². The van der Waals surface area contributed by atoms with Crippen LogP contribution in [0.2, 0.25) is 0 Å². The summed E-state index contributed by atoms with van der Waals surface area (Å²) in [6, 6.07) is 0. The van der Waals surface area contributed by atoms with Crippen LogP contribution in [0.1, 0.15) is 79.1 Å². The van der Waals surface area contributed by atoms with E-state index in [9.17, 15) is 0 Å². The van der Waals surface area contributed by atoms with Gasteiger partial charge >= 0.3 is 0 Å². The van der Waals surface area contributed by atoms with Crippen molar-refractivity contribution >= 4 is 0 Å². The summed E-state index contributed by atoms with van der Waals surface area (Å²) in [5.41, 5.74) is 0. The molecule has 0 rings (SSSR count). The second-order valence-corrected chi connectivity index (χ2v) is 7.03. The summed E-state index contributed by atoms with van der Waals surface area (Å²) in [6.07, 6.45) is 11.3. The third kappa shape index (κ3) is 28.0. The quantitative estimate of drug-likeness (QED) is 0.297. The van der Waals surface area contributed by atoms with E-state index in [1.165, 1.54) is 51.4 Å². The van der Waals surface area contributed by atoms with Gasteiger partial charge in [-0.1, -0.05) is 52.4 Å². The summed E-state index contributed by atoms with van der Waals surface area (Å²) >= 11 is 0. The molecule has 0 aliphatic rings. The minimum atomic E-state index is 0.0413. The highest BCUT2D eigenvalue weighted by Gasteiger charge is 2.07. The molecule has 0 saturated heterocycles. The summed E-state index contributed by atoms with van der Waals surface area (Å²) < 4.78 is 21.0. The number of rotatable bonds is 20. The van der Waals surface area contributed by atoms with Crippen LogP contribution >= 0.6 is 0 Å². The van der Waals surface area contributed by atoms with Gasteiger partial charge in [0.25, 0.3) is 0 Å². The van der Waals surface area contributed by atoms with Gasteiger partial charge in [0.2, 0.25) is 0 Å². The van der Waals surface area contributed by atoms with Gasteiger partial charge in [0.05, 0.1) is 65.1 Å². The van der Waals surface area contributed by atoms with Crippen molar-refractivity contribution in [1.29, 1.82) is 0 Å². The molecule has 2 unspecified atom stereocenters. The largest absolute Gasteiger partial charge is 0.394 e. The first-order valence-electron chi connectivity index (χ1n) is 11.2. The van der Waals surface area contributed by atoms with Gasteiger partial charge in [-0.3, -0.25) is 0 Å². The average Bonchev–Trinajstić information content (AvgIpc) is 2.67. The van der Waals surface area contributed by atoms with E-state index in [0.717, 1.165) is 0 Å². The molecule has 28 heavy (non-hydrogen) atoms. The van der Waals surface area contributed by atoms with E-state index >= 15 is 0 Å². The maximum Gasteiger partial charge on any atom is 0.0701 e. The Morgan fingerprint density at radius 3 is 1.25 bits per heavy atom. The maximum absolute atomic E-state index is 8.36. The van der Waals surface area contributed by atoms with E-state index in [1.807, 2.05) is 0 Å². The van der Waals surface area contributed by atoms with E-state index in [-0.39, 0.29) is 13.2 Å². The van der Waals surface area contributed by atoms with Gasteiger partial charge < -0.3 is 29.2 Å². The van der Waals surface area contributed by atoms with E-state index in [4.69, 9.17) is 29.2 Å². The minimum absolute atomic E-state index is 0.0413. The minimum Gasteiger partial charge on any atom is -0.394 e. The highest BCUT2D eigenvalue weighted by molar-refractivity contribution is 4.57. The number of hydrogen-bond donors (Lipinski definition) is 2. The Morgan fingerprint density at radius 1 is 0.571 bits per heavy atom. The lowest BCUT2D eigenvalue weighted by Crippen LogP contribution is -2.17. The third-order valence-electron chi connectivity index (χ3n) is 4.11. The first-order chi connectivity index (χ1) is 13.6. The number of unbranched alkanes of at least 4 members (excludes halogenated alkanes) is 4.